The molecule has 2 aromatic rings. The number of hydrogen-bond acceptors (Lipinski definition) is 3. The molecule has 0 bridgehead atoms. The highest BCUT2D eigenvalue weighted by Gasteiger charge is 2.06. The quantitative estimate of drug-likeness (QED) is 0.813. The maximum absolute atomic E-state index is 4.35. The topological polar surface area (TPSA) is 42.7 Å². The van der Waals surface area contributed by atoms with Crippen LogP contribution in [0, 0.1) is 0 Å². The molecule has 1 N–H and O–H groups in total. The number of rotatable bonds is 3. The molecule has 0 spiro atoms. The molecule has 0 atom stereocenters. The Morgan fingerprint density at radius 2 is 2.27 bits per heavy atom. The molecule has 0 saturated carbocycles. The number of nitrogens with one attached hydrogen (secondary N) is 1. The second kappa shape index (κ2) is 4.23. The van der Waals surface area contributed by atoms with Crippen molar-refractivity contribution < 1.29 is 0 Å². The Hall–Kier alpha value is -1.68. The Morgan fingerprint density at radius 3 is 2.93 bits per heavy atom. The molecule has 0 aliphatic carbocycles. The first-order valence-electron chi connectivity index (χ1n) is 4.88. The second-order valence-corrected chi connectivity index (χ2v) is 3.39. The number of imidazole rings is 1. The zero-order valence-corrected chi connectivity index (χ0v) is 8.94. The van der Waals surface area contributed by atoms with Gasteiger partial charge in [-0.25, -0.2) is 4.98 Å². The van der Waals surface area contributed by atoms with Crippen LogP contribution in [0.4, 0.5) is 0 Å². The summed E-state index contributed by atoms with van der Waals surface area (Å²) in [6.45, 7) is 0.775. The van der Waals surface area contributed by atoms with E-state index in [1.165, 1.54) is 0 Å². The average Bonchev–Trinajstić information content (AvgIpc) is 2.63. The van der Waals surface area contributed by atoms with E-state index < -0.39 is 0 Å². The first-order chi connectivity index (χ1) is 7.33. The fourth-order valence-corrected chi connectivity index (χ4v) is 1.55. The lowest BCUT2D eigenvalue weighted by molar-refractivity contribution is 0.712. The lowest BCUT2D eigenvalue weighted by atomic mass is 10.2. The van der Waals surface area contributed by atoms with Gasteiger partial charge in [-0.05, 0) is 19.2 Å². The Morgan fingerprint density at radius 1 is 1.40 bits per heavy atom. The predicted octanol–water partition coefficient (Wildman–Crippen LogP) is 1.20. The van der Waals surface area contributed by atoms with E-state index in [0.717, 1.165) is 23.6 Å². The van der Waals surface area contributed by atoms with Crippen LogP contribution in [0.2, 0.25) is 0 Å². The highest BCUT2D eigenvalue weighted by molar-refractivity contribution is 5.57. The molecule has 78 valence electrons. The minimum absolute atomic E-state index is 0.775. The van der Waals surface area contributed by atoms with Crippen LogP contribution in [-0.2, 0) is 13.6 Å². The van der Waals surface area contributed by atoms with Crippen molar-refractivity contribution in [2.75, 3.05) is 7.05 Å². The normalized spacial score (nSPS) is 10.5. The monoisotopic (exact) mass is 202 g/mol. The minimum atomic E-state index is 0.775. The number of aromatic nitrogens is 3. The van der Waals surface area contributed by atoms with Gasteiger partial charge in [-0.1, -0.05) is 0 Å². The van der Waals surface area contributed by atoms with Crippen LogP contribution in [0.25, 0.3) is 11.3 Å². The summed E-state index contributed by atoms with van der Waals surface area (Å²) in [5.41, 5.74) is 2.18. The largest absolute Gasteiger partial charge is 0.330 e. The van der Waals surface area contributed by atoms with Crippen molar-refractivity contribution in [3.8, 4) is 11.3 Å². The van der Waals surface area contributed by atoms with E-state index >= 15 is 0 Å². The summed E-state index contributed by atoms with van der Waals surface area (Å²) in [6.07, 6.45) is 5.50. The van der Waals surface area contributed by atoms with Crippen molar-refractivity contribution in [1.29, 1.82) is 0 Å². The summed E-state index contributed by atoms with van der Waals surface area (Å²) >= 11 is 0. The molecule has 0 aliphatic rings. The summed E-state index contributed by atoms with van der Waals surface area (Å²) in [5.74, 6) is 1.02. The molecule has 0 unspecified atom stereocenters. The lowest BCUT2D eigenvalue weighted by Gasteiger charge is -2.04. The summed E-state index contributed by atoms with van der Waals surface area (Å²) in [4.78, 5) is 8.46. The Kier molecular flexibility index (Phi) is 2.78. The molecule has 4 nitrogen and oxygen atoms in total. The van der Waals surface area contributed by atoms with Crippen LogP contribution >= 0.6 is 0 Å². The summed E-state index contributed by atoms with van der Waals surface area (Å²) in [6, 6.07) is 3.97. The Balaban J connectivity index is 2.38. The fraction of sp³-hybridized carbons (Fsp3) is 0.273. The molecule has 4 heteroatoms. The highest BCUT2D eigenvalue weighted by Crippen LogP contribution is 2.17. The van der Waals surface area contributed by atoms with E-state index in [4.69, 9.17) is 0 Å². The van der Waals surface area contributed by atoms with Crippen LogP contribution < -0.4 is 5.32 Å². The van der Waals surface area contributed by atoms with Gasteiger partial charge in [0.2, 0.25) is 0 Å². The van der Waals surface area contributed by atoms with Gasteiger partial charge in [0.1, 0.15) is 5.82 Å². The van der Waals surface area contributed by atoms with Gasteiger partial charge in [0, 0.05) is 25.0 Å². The van der Waals surface area contributed by atoms with Crippen LogP contribution in [0.15, 0.2) is 30.7 Å². The standard InChI is InChI=1S/C11H14N4/c1-12-8-11-14-7-10(15(11)2)9-4-3-5-13-6-9/h3-7,12H,8H2,1-2H3. The predicted molar refractivity (Wildman–Crippen MR) is 59.2 cm³/mol. The molecule has 0 radical (unpaired) electrons. The van der Waals surface area contributed by atoms with Crippen LogP contribution in [-0.4, -0.2) is 21.6 Å². The molecule has 0 aromatic carbocycles. The zero-order valence-electron chi connectivity index (χ0n) is 8.94. The van der Waals surface area contributed by atoms with Gasteiger partial charge in [0.25, 0.3) is 0 Å². The van der Waals surface area contributed by atoms with Crippen molar-refractivity contribution in [3.05, 3.63) is 36.5 Å². The first-order valence-corrected chi connectivity index (χ1v) is 4.88. The SMILES string of the molecule is CNCc1ncc(-c2cccnc2)n1C. The van der Waals surface area contributed by atoms with Crippen molar-refractivity contribution in [2.45, 2.75) is 6.54 Å². The van der Waals surface area contributed by atoms with E-state index in [-0.39, 0.29) is 0 Å². The molecule has 2 rings (SSSR count). The molecular formula is C11H14N4. The van der Waals surface area contributed by atoms with Gasteiger partial charge in [-0.15, -0.1) is 0 Å². The van der Waals surface area contributed by atoms with Crippen LogP contribution in [0.1, 0.15) is 5.82 Å². The van der Waals surface area contributed by atoms with Crippen molar-refractivity contribution in [3.63, 3.8) is 0 Å². The first kappa shape index (κ1) is 9.86. The molecule has 15 heavy (non-hydrogen) atoms. The average molecular weight is 202 g/mol. The maximum Gasteiger partial charge on any atom is 0.122 e. The zero-order chi connectivity index (χ0) is 10.7. The lowest BCUT2D eigenvalue weighted by Crippen LogP contribution is -2.10. The molecule has 2 aromatic heterocycles. The fourth-order valence-electron chi connectivity index (χ4n) is 1.55. The molecule has 0 fully saturated rings. The van der Waals surface area contributed by atoms with Gasteiger partial charge in [-0.3, -0.25) is 4.98 Å². The summed E-state index contributed by atoms with van der Waals surface area (Å²) < 4.78 is 2.08. The molecule has 0 aliphatic heterocycles. The van der Waals surface area contributed by atoms with Gasteiger partial charge < -0.3 is 9.88 Å². The van der Waals surface area contributed by atoms with Gasteiger partial charge >= 0.3 is 0 Å². The van der Waals surface area contributed by atoms with E-state index in [1.807, 2.05) is 38.6 Å². The van der Waals surface area contributed by atoms with Gasteiger partial charge in [0.15, 0.2) is 0 Å². The molecular weight excluding hydrogens is 188 g/mol. The number of pyridine rings is 1. The number of nitrogens with zero attached hydrogens (tertiary/aromatic N) is 3. The van der Waals surface area contributed by atoms with E-state index in [9.17, 15) is 0 Å². The smallest absolute Gasteiger partial charge is 0.122 e. The van der Waals surface area contributed by atoms with Crippen molar-refractivity contribution >= 4 is 0 Å². The third-order valence-corrected chi connectivity index (χ3v) is 2.38. The molecule has 0 amide bonds. The summed E-state index contributed by atoms with van der Waals surface area (Å²) in [7, 11) is 3.93. The Labute approximate surface area is 89.0 Å². The van der Waals surface area contributed by atoms with Crippen LogP contribution in [0.3, 0.4) is 0 Å². The third kappa shape index (κ3) is 1.89. The van der Waals surface area contributed by atoms with Gasteiger partial charge in [-0.2, -0.15) is 0 Å². The maximum atomic E-state index is 4.35. The van der Waals surface area contributed by atoms with E-state index in [1.54, 1.807) is 6.20 Å². The molecule has 0 saturated heterocycles. The van der Waals surface area contributed by atoms with Gasteiger partial charge in [0.05, 0.1) is 18.4 Å². The number of hydrogen-bond donors (Lipinski definition) is 1. The van der Waals surface area contributed by atoms with Crippen molar-refractivity contribution in [2.24, 2.45) is 7.05 Å². The highest BCUT2D eigenvalue weighted by atomic mass is 15.1. The molecule has 2 heterocycles. The summed E-state index contributed by atoms with van der Waals surface area (Å²) in [5, 5.41) is 3.09. The van der Waals surface area contributed by atoms with Crippen LogP contribution in [0.5, 0.6) is 0 Å². The third-order valence-electron chi connectivity index (χ3n) is 2.38. The van der Waals surface area contributed by atoms with E-state index in [0.29, 0.717) is 0 Å². The van der Waals surface area contributed by atoms with Crippen molar-refractivity contribution in [1.82, 2.24) is 19.9 Å². The van der Waals surface area contributed by atoms with E-state index in [2.05, 4.69) is 19.9 Å². The Bertz CT molecular complexity index is 433. The minimum Gasteiger partial charge on any atom is -0.330 e. The second-order valence-electron chi connectivity index (χ2n) is 3.39.